The van der Waals surface area contributed by atoms with Crippen LogP contribution in [0.15, 0.2) is 24.3 Å². The lowest BCUT2D eigenvalue weighted by Crippen LogP contribution is -2.26. The van der Waals surface area contributed by atoms with Gasteiger partial charge in [0.1, 0.15) is 12.4 Å². The molecule has 2 rings (SSSR count). The molecule has 1 heterocycles. The number of unbranched alkanes of at least 4 members (excludes halogenated alkanes) is 2. The van der Waals surface area contributed by atoms with E-state index in [1.54, 1.807) is 0 Å². The maximum atomic E-state index is 11.7. The summed E-state index contributed by atoms with van der Waals surface area (Å²) < 4.78 is 10.8. The average Bonchev–Trinajstić information content (AvgIpc) is 3.06. The number of amides is 1. The van der Waals surface area contributed by atoms with Gasteiger partial charge in [-0.15, -0.1) is 0 Å². The minimum absolute atomic E-state index is 0.402. The van der Waals surface area contributed by atoms with Crippen LogP contribution in [0.1, 0.15) is 39.0 Å². The summed E-state index contributed by atoms with van der Waals surface area (Å²) >= 11 is 0. The number of rotatable bonds is 9. The van der Waals surface area contributed by atoms with Crippen LogP contribution in [-0.2, 0) is 4.74 Å². The number of nitrogens with one attached hydrogen (secondary N) is 1. The molecule has 0 radical (unpaired) electrons. The molecular weight excluding hydrogens is 292 g/mol. The van der Waals surface area contributed by atoms with Gasteiger partial charge in [-0.3, -0.25) is 10.2 Å². The lowest BCUT2D eigenvalue weighted by atomic mass is 10.2. The smallest absolute Gasteiger partial charge is 0.411 e. The molecule has 1 amide bonds. The van der Waals surface area contributed by atoms with E-state index < -0.39 is 6.09 Å². The van der Waals surface area contributed by atoms with Crippen molar-refractivity contribution in [1.29, 1.82) is 0 Å². The number of carbonyl (C=O) groups excluding carboxylic acids is 1. The second-order valence-electron chi connectivity index (χ2n) is 5.89. The maximum Gasteiger partial charge on any atom is 0.411 e. The van der Waals surface area contributed by atoms with Gasteiger partial charge in [0.05, 0.1) is 6.61 Å². The number of ether oxygens (including phenoxy) is 2. The first kappa shape index (κ1) is 17.6. The van der Waals surface area contributed by atoms with Crippen molar-refractivity contribution in [3.05, 3.63) is 24.3 Å². The van der Waals surface area contributed by atoms with Crippen molar-refractivity contribution < 1.29 is 14.3 Å². The Morgan fingerprint density at radius 2 is 1.87 bits per heavy atom. The number of hydrogen-bond acceptors (Lipinski definition) is 4. The summed E-state index contributed by atoms with van der Waals surface area (Å²) in [6.45, 7) is 6.39. The lowest BCUT2D eigenvalue weighted by molar-refractivity contribution is 0.146. The van der Waals surface area contributed by atoms with E-state index in [2.05, 4.69) is 17.1 Å². The van der Waals surface area contributed by atoms with Crippen molar-refractivity contribution in [1.82, 2.24) is 4.90 Å². The Labute approximate surface area is 139 Å². The van der Waals surface area contributed by atoms with Gasteiger partial charge >= 0.3 is 6.09 Å². The minimum Gasteiger partial charge on any atom is -0.494 e. The van der Waals surface area contributed by atoms with E-state index in [1.807, 2.05) is 24.3 Å². The zero-order chi connectivity index (χ0) is 16.3. The maximum absolute atomic E-state index is 11.7. The summed E-state index contributed by atoms with van der Waals surface area (Å²) in [7, 11) is 0. The molecule has 1 saturated heterocycles. The third kappa shape index (κ3) is 6.91. The molecule has 1 aliphatic heterocycles. The molecule has 1 aromatic rings. The van der Waals surface area contributed by atoms with E-state index >= 15 is 0 Å². The fraction of sp³-hybridized carbons (Fsp3) is 0.611. The number of likely N-dealkylation sites (tertiary alicyclic amines) is 1. The number of benzene rings is 1. The van der Waals surface area contributed by atoms with Crippen molar-refractivity contribution >= 4 is 11.8 Å². The average molecular weight is 320 g/mol. The third-order valence-corrected chi connectivity index (χ3v) is 3.96. The third-order valence-electron chi connectivity index (χ3n) is 3.96. The van der Waals surface area contributed by atoms with Crippen LogP contribution in [0.3, 0.4) is 0 Å². The number of nitrogens with zero attached hydrogens (tertiary/aromatic N) is 1. The fourth-order valence-corrected chi connectivity index (χ4v) is 2.60. The van der Waals surface area contributed by atoms with E-state index in [1.165, 1.54) is 25.7 Å². The van der Waals surface area contributed by atoms with Crippen LogP contribution in [0.2, 0.25) is 0 Å². The van der Waals surface area contributed by atoms with E-state index in [4.69, 9.17) is 9.47 Å². The van der Waals surface area contributed by atoms with Crippen molar-refractivity contribution in [2.24, 2.45) is 0 Å². The predicted molar refractivity (Wildman–Crippen MR) is 92.1 cm³/mol. The molecule has 0 atom stereocenters. The fourth-order valence-electron chi connectivity index (χ4n) is 2.60. The highest BCUT2D eigenvalue weighted by Crippen LogP contribution is 2.16. The highest BCUT2D eigenvalue weighted by molar-refractivity contribution is 5.84. The molecule has 0 unspecified atom stereocenters. The van der Waals surface area contributed by atoms with Gasteiger partial charge in [-0.05, 0) is 56.6 Å². The topological polar surface area (TPSA) is 50.8 Å². The minimum atomic E-state index is -0.402. The van der Waals surface area contributed by atoms with Gasteiger partial charge in [0.2, 0.25) is 0 Å². The van der Waals surface area contributed by atoms with Gasteiger partial charge in [-0.2, -0.15) is 0 Å². The van der Waals surface area contributed by atoms with Crippen LogP contribution in [-0.4, -0.2) is 43.8 Å². The summed E-state index contributed by atoms with van der Waals surface area (Å²) in [5.74, 6) is 0.828. The summed E-state index contributed by atoms with van der Waals surface area (Å²) in [5.41, 5.74) is 0.720. The van der Waals surface area contributed by atoms with Gasteiger partial charge < -0.3 is 9.47 Å². The molecule has 0 spiro atoms. The monoisotopic (exact) mass is 320 g/mol. The molecule has 1 aromatic carbocycles. The van der Waals surface area contributed by atoms with Gasteiger partial charge in [0.15, 0.2) is 0 Å². The van der Waals surface area contributed by atoms with Gasteiger partial charge in [0, 0.05) is 12.2 Å². The highest BCUT2D eigenvalue weighted by atomic mass is 16.5. The van der Waals surface area contributed by atoms with Crippen molar-refractivity contribution in [2.45, 2.75) is 39.0 Å². The zero-order valence-corrected chi connectivity index (χ0v) is 14.1. The first-order valence-corrected chi connectivity index (χ1v) is 8.67. The van der Waals surface area contributed by atoms with Crippen LogP contribution in [0.4, 0.5) is 10.5 Å². The number of anilines is 1. The largest absolute Gasteiger partial charge is 0.494 e. The van der Waals surface area contributed by atoms with E-state index in [9.17, 15) is 4.79 Å². The van der Waals surface area contributed by atoms with E-state index in [-0.39, 0.29) is 0 Å². The summed E-state index contributed by atoms with van der Waals surface area (Å²) in [5, 5.41) is 2.74. The van der Waals surface area contributed by atoms with Gasteiger partial charge in [0.25, 0.3) is 0 Å². The van der Waals surface area contributed by atoms with Crippen molar-refractivity contribution in [3.8, 4) is 5.75 Å². The molecule has 1 fully saturated rings. The molecular formula is C18H28N2O3. The zero-order valence-electron chi connectivity index (χ0n) is 14.1. The second-order valence-corrected chi connectivity index (χ2v) is 5.89. The molecule has 5 nitrogen and oxygen atoms in total. The molecule has 0 saturated carbocycles. The Kier molecular flexibility index (Phi) is 7.73. The Bertz CT molecular complexity index is 456. The summed E-state index contributed by atoms with van der Waals surface area (Å²) in [6.07, 6.45) is 5.54. The lowest BCUT2D eigenvalue weighted by Gasteiger charge is -2.14. The van der Waals surface area contributed by atoms with Gasteiger partial charge in [-0.25, -0.2) is 4.79 Å². The second kappa shape index (κ2) is 10.1. The Morgan fingerprint density at radius 1 is 1.13 bits per heavy atom. The predicted octanol–water partition coefficient (Wildman–Crippen LogP) is 3.90. The quantitative estimate of drug-likeness (QED) is 0.701. The van der Waals surface area contributed by atoms with Crippen LogP contribution in [0.25, 0.3) is 0 Å². The molecule has 128 valence electrons. The van der Waals surface area contributed by atoms with Crippen LogP contribution < -0.4 is 10.1 Å². The first-order valence-electron chi connectivity index (χ1n) is 8.67. The molecule has 0 aliphatic carbocycles. The molecule has 1 aliphatic rings. The Hall–Kier alpha value is -1.75. The first-order chi connectivity index (χ1) is 11.3. The van der Waals surface area contributed by atoms with Crippen LogP contribution >= 0.6 is 0 Å². The van der Waals surface area contributed by atoms with Crippen LogP contribution in [0, 0.1) is 0 Å². The number of hydrogen-bond donors (Lipinski definition) is 1. The van der Waals surface area contributed by atoms with E-state index in [0.29, 0.717) is 6.61 Å². The molecule has 0 bridgehead atoms. The van der Waals surface area contributed by atoms with Crippen molar-refractivity contribution in [2.75, 3.05) is 38.2 Å². The van der Waals surface area contributed by atoms with Gasteiger partial charge in [-0.1, -0.05) is 19.8 Å². The molecule has 23 heavy (non-hydrogen) atoms. The normalized spacial score (nSPS) is 14.7. The summed E-state index contributed by atoms with van der Waals surface area (Å²) in [4.78, 5) is 14.0. The Balaban J connectivity index is 1.62. The SMILES string of the molecule is CCCCCOc1ccc(NC(=O)OCCN2CCCC2)cc1. The standard InChI is InChI=1S/C18H28N2O3/c1-2-3-6-14-22-17-9-7-16(8-10-17)19-18(21)23-15-13-20-11-4-5-12-20/h7-10H,2-6,11-15H2,1H3,(H,19,21). The number of carbonyl (C=O) groups is 1. The Morgan fingerprint density at radius 3 is 2.57 bits per heavy atom. The highest BCUT2D eigenvalue weighted by Gasteiger charge is 2.11. The molecule has 1 N–H and O–H groups in total. The summed E-state index contributed by atoms with van der Waals surface area (Å²) in [6, 6.07) is 7.39. The van der Waals surface area contributed by atoms with Crippen LogP contribution in [0.5, 0.6) is 5.75 Å². The molecule has 0 aromatic heterocycles. The van der Waals surface area contributed by atoms with E-state index in [0.717, 1.165) is 44.1 Å². The molecule has 5 heteroatoms. The van der Waals surface area contributed by atoms with Crippen molar-refractivity contribution in [3.63, 3.8) is 0 Å².